The molecule has 11 atom stereocenters. The lowest BCUT2D eigenvalue weighted by Crippen LogP contribution is -2.46. The number of aliphatic hydroxyl groups excluding tert-OH is 2. The number of hydrogen-bond donors (Lipinski definition) is 4. The lowest BCUT2D eigenvalue weighted by molar-refractivity contribution is -0.160. The predicted molar refractivity (Wildman–Crippen MR) is 193 cm³/mol. The van der Waals surface area contributed by atoms with Gasteiger partial charge in [0.1, 0.15) is 24.2 Å². The fraction of sp³-hybridized carbons (Fsp3) is 0.525. The number of carbonyl (C=O) groups is 5. The Labute approximate surface area is 318 Å². The molecule has 1 amide bonds. The number of Topliss-reactive ketones (excluding diaryl/α,β-unsaturated/α-hetero) is 2. The van der Waals surface area contributed by atoms with Gasteiger partial charge in [-0.05, 0) is 31.6 Å². The molecule has 0 spiro atoms. The van der Waals surface area contributed by atoms with E-state index < -0.39 is 108 Å². The summed E-state index contributed by atoms with van der Waals surface area (Å²) in [5.41, 5.74) is -0.498. The Balaban J connectivity index is 1.65. The van der Waals surface area contributed by atoms with Gasteiger partial charge in [-0.15, -0.1) is 0 Å². The van der Waals surface area contributed by atoms with E-state index in [9.17, 15) is 39.3 Å². The monoisotopic (exact) mass is 767 g/mol. The lowest BCUT2D eigenvalue weighted by atomic mass is 9.78. The number of methoxy groups -OCH3 is 1. The summed E-state index contributed by atoms with van der Waals surface area (Å²) in [5.74, 6) is -9.79. The van der Waals surface area contributed by atoms with Crippen LogP contribution in [-0.4, -0.2) is 94.9 Å². The number of ether oxygens (including phenoxy) is 6. The SMILES string of the molecule is CO[C@H]1/C=C/O[C@@]2(C)Oc3c(C)c(O)c4c(c3C2=O)C(C2OCC(=O)O2)C=C(NC(=O)/C(C)=C\C=C\[C@H](C)[C@H](O)[C@@H](C)[C@@H](O)[C@@H](C)[C@H](OC(C)=O)[C@@H]1C)C4=O. The molecule has 298 valence electrons. The summed E-state index contributed by atoms with van der Waals surface area (Å²) >= 11 is 0. The van der Waals surface area contributed by atoms with E-state index in [-0.39, 0.29) is 39.3 Å². The van der Waals surface area contributed by atoms with E-state index in [1.54, 1.807) is 39.8 Å². The number of aliphatic hydroxyl groups is 2. The summed E-state index contributed by atoms with van der Waals surface area (Å²) in [4.78, 5) is 66.4. The Hall–Kier alpha value is -4.83. The molecule has 0 saturated carbocycles. The van der Waals surface area contributed by atoms with E-state index in [4.69, 9.17) is 28.4 Å². The van der Waals surface area contributed by atoms with Gasteiger partial charge in [0, 0.05) is 55.8 Å². The molecule has 6 rings (SSSR count). The third-order valence-electron chi connectivity index (χ3n) is 10.9. The first-order chi connectivity index (χ1) is 25.8. The number of esters is 2. The Morgan fingerprint density at radius 3 is 2.29 bits per heavy atom. The zero-order valence-corrected chi connectivity index (χ0v) is 32.3. The number of hydrogen-bond acceptors (Lipinski definition) is 14. The Bertz CT molecular complexity index is 1880. The van der Waals surface area contributed by atoms with Gasteiger partial charge in [0.2, 0.25) is 12.1 Å². The Kier molecular flexibility index (Phi) is 12.1. The number of allylic oxidation sites excluding steroid dienone is 3. The maximum Gasteiger partial charge on any atom is 0.334 e. The van der Waals surface area contributed by atoms with Crippen LogP contribution in [0.15, 0.2) is 47.9 Å². The third kappa shape index (κ3) is 7.83. The zero-order valence-electron chi connectivity index (χ0n) is 32.3. The second-order valence-corrected chi connectivity index (χ2v) is 14.8. The number of phenols is 1. The number of carbonyl (C=O) groups excluding carboxylic acids is 5. The minimum atomic E-state index is -2.03. The maximum absolute atomic E-state index is 14.4. The van der Waals surface area contributed by atoms with Crippen LogP contribution in [0.4, 0.5) is 0 Å². The van der Waals surface area contributed by atoms with Crippen LogP contribution < -0.4 is 10.1 Å². The first kappa shape index (κ1) is 41.3. The standard InChI is InChI=1S/C40H49NO14/c1-17-11-10-12-18(2)38(49)41-25-15-24(39-51-16-27(43)54-39)28-29(34(25)47)33(46)22(6)36-30(28)37(48)40(8,55-36)52-14-13-26(50-9)19(3)35(53-23(7)42)21(5)32(45)20(4)31(17)44/h10-15,17,19-21,24,26,31-32,35,39,44-46H,16H2,1-9H3,(H,41,49)/b11-10+,14-13+,18-12-/t17-,19+,20+,21+,24?,26-,31-,32+,35+,39?,40-/m0/s1. The molecular formula is C40H49NO14. The molecule has 5 aliphatic rings. The topological polar surface area (TPSA) is 213 Å². The van der Waals surface area contributed by atoms with Gasteiger partial charge in [-0.2, -0.15) is 0 Å². The predicted octanol–water partition coefficient (Wildman–Crippen LogP) is 3.43. The van der Waals surface area contributed by atoms with Crippen molar-refractivity contribution in [2.45, 2.75) is 97.8 Å². The highest BCUT2D eigenvalue weighted by atomic mass is 16.7. The molecule has 0 aromatic heterocycles. The molecule has 15 nitrogen and oxygen atoms in total. The second-order valence-electron chi connectivity index (χ2n) is 14.8. The smallest absolute Gasteiger partial charge is 0.334 e. The summed E-state index contributed by atoms with van der Waals surface area (Å²) < 4.78 is 34.5. The molecule has 55 heavy (non-hydrogen) atoms. The van der Waals surface area contributed by atoms with Crippen LogP contribution in [0.2, 0.25) is 0 Å². The van der Waals surface area contributed by atoms with E-state index in [2.05, 4.69) is 5.32 Å². The van der Waals surface area contributed by atoms with Gasteiger partial charge in [0.05, 0.1) is 47.3 Å². The van der Waals surface area contributed by atoms with Crippen LogP contribution in [0, 0.1) is 30.6 Å². The lowest BCUT2D eigenvalue weighted by Gasteiger charge is -2.38. The number of amides is 1. The number of nitrogens with one attached hydrogen (secondary N) is 1. The van der Waals surface area contributed by atoms with Crippen molar-refractivity contribution in [1.29, 1.82) is 0 Å². The van der Waals surface area contributed by atoms with Crippen LogP contribution in [0.1, 0.15) is 86.2 Å². The molecular weight excluding hydrogens is 718 g/mol. The van der Waals surface area contributed by atoms with Crippen molar-refractivity contribution in [3.63, 3.8) is 0 Å². The van der Waals surface area contributed by atoms with Gasteiger partial charge in [-0.25, -0.2) is 4.79 Å². The molecule has 2 unspecified atom stereocenters. The van der Waals surface area contributed by atoms with Crippen molar-refractivity contribution < 1.29 is 67.7 Å². The molecule has 15 heteroatoms. The van der Waals surface area contributed by atoms with Gasteiger partial charge in [-0.1, -0.05) is 45.9 Å². The molecule has 1 aromatic rings. The van der Waals surface area contributed by atoms with Crippen molar-refractivity contribution in [2.75, 3.05) is 13.7 Å². The summed E-state index contributed by atoms with van der Waals surface area (Å²) in [6.45, 7) is 12.0. The van der Waals surface area contributed by atoms with E-state index in [1.807, 2.05) is 0 Å². The Morgan fingerprint density at radius 1 is 0.982 bits per heavy atom. The molecule has 4 heterocycles. The molecule has 1 fully saturated rings. The van der Waals surface area contributed by atoms with E-state index in [1.165, 1.54) is 59.3 Å². The van der Waals surface area contributed by atoms with Crippen molar-refractivity contribution in [3.05, 3.63) is 70.2 Å². The van der Waals surface area contributed by atoms with Crippen molar-refractivity contribution >= 4 is 29.4 Å². The second kappa shape index (κ2) is 16.1. The normalized spacial score (nSPS) is 36.4. The van der Waals surface area contributed by atoms with Gasteiger partial charge in [-0.3, -0.25) is 19.2 Å². The minimum Gasteiger partial charge on any atom is -0.507 e. The average molecular weight is 768 g/mol. The summed E-state index contributed by atoms with van der Waals surface area (Å²) in [6.07, 6.45) is 3.45. The molecule has 5 bridgehead atoms. The molecule has 4 N–H and O–H groups in total. The minimum absolute atomic E-state index is 0.0336. The molecule has 0 radical (unpaired) electrons. The van der Waals surface area contributed by atoms with E-state index >= 15 is 0 Å². The van der Waals surface area contributed by atoms with Gasteiger partial charge in [0.15, 0.2) is 0 Å². The van der Waals surface area contributed by atoms with Gasteiger partial charge in [0.25, 0.3) is 11.7 Å². The Morgan fingerprint density at radius 2 is 1.67 bits per heavy atom. The molecule has 1 saturated heterocycles. The zero-order chi connectivity index (χ0) is 40.7. The van der Waals surface area contributed by atoms with Crippen LogP contribution in [0.25, 0.3) is 0 Å². The van der Waals surface area contributed by atoms with Crippen molar-refractivity contribution in [3.8, 4) is 11.5 Å². The average Bonchev–Trinajstić information content (AvgIpc) is 3.69. The number of cyclic esters (lactones) is 1. The number of rotatable bonds is 3. The fourth-order valence-electron chi connectivity index (χ4n) is 7.56. The number of benzene rings is 1. The highest BCUT2D eigenvalue weighted by Gasteiger charge is 2.53. The summed E-state index contributed by atoms with van der Waals surface area (Å²) in [7, 11) is 1.43. The largest absolute Gasteiger partial charge is 0.507 e. The number of aromatic hydroxyl groups is 1. The van der Waals surface area contributed by atoms with Crippen molar-refractivity contribution in [2.24, 2.45) is 23.7 Å². The number of fused-ring (bicyclic) bond motifs is 14. The van der Waals surface area contributed by atoms with Crippen LogP contribution >= 0.6 is 0 Å². The number of ketones is 2. The molecule has 4 aliphatic heterocycles. The van der Waals surface area contributed by atoms with E-state index in [0.29, 0.717) is 0 Å². The fourth-order valence-corrected chi connectivity index (χ4v) is 7.56. The molecule has 1 aromatic carbocycles. The first-order valence-electron chi connectivity index (χ1n) is 18.1. The third-order valence-corrected chi connectivity index (χ3v) is 10.9. The van der Waals surface area contributed by atoms with Crippen molar-refractivity contribution in [1.82, 2.24) is 5.32 Å². The quantitative estimate of drug-likeness (QED) is 0.325. The highest BCUT2D eigenvalue weighted by molar-refractivity contribution is 6.19. The highest BCUT2D eigenvalue weighted by Crippen LogP contribution is 2.51. The van der Waals surface area contributed by atoms with E-state index in [0.717, 1.165) is 0 Å². The summed E-state index contributed by atoms with van der Waals surface area (Å²) in [5, 5.41) is 36.8. The first-order valence-corrected chi connectivity index (χ1v) is 18.1. The number of phenolic OH excluding ortho intramolecular Hbond substituents is 1. The maximum atomic E-state index is 14.4. The van der Waals surface area contributed by atoms with Gasteiger partial charge >= 0.3 is 17.7 Å². The molecule has 1 aliphatic carbocycles. The van der Waals surface area contributed by atoms with Gasteiger partial charge < -0.3 is 49.1 Å². The van der Waals surface area contributed by atoms with Crippen LogP contribution in [0.5, 0.6) is 11.5 Å². The van der Waals surface area contributed by atoms with Crippen LogP contribution in [-0.2, 0) is 38.1 Å². The summed E-state index contributed by atoms with van der Waals surface area (Å²) in [6, 6.07) is 0. The van der Waals surface area contributed by atoms with Crippen LogP contribution in [0.3, 0.4) is 0 Å².